The molecule has 2 rings (SSSR count). The summed E-state index contributed by atoms with van der Waals surface area (Å²) >= 11 is 12.1. The van der Waals surface area contributed by atoms with Crippen molar-refractivity contribution in [2.75, 3.05) is 13.2 Å². The third kappa shape index (κ3) is 5.52. The summed E-state index contributed by atoms with van der Waals surface area (Å²) < 4.78 is 10.8. The number of rotatable bonds is 7. The van der Waals surface area contributed by atoms with E-state index in [-0.39, 0.29) is 33.7 Å². The number of carbonyl (C=O) groups is 1. The molecule has 27 heavy (non-hydrogen) atoms. The molecule has 0 fully saturated rings. The molecule has 0 saturated carbocycles. The number of amides is 1. The van der Waals surface area contributed by atoms with Gasteiger partial charge < -0.3 is 14.6 Å². The smallest absolute Gasteiger partial charge is 0.277 e. The largest absolute Gasteiger partial charge is 0.504 e. The van der Waals surface area contributed by atoms with E-state index in [2.05, 4.69) is 10.5 Å². The number of hydrogen-bond donors (Lipinski definition) is 2. The molecule has 0 bridgehead atoms. The van der Waals surface area contributed by atoms with Crippen LogP contribution in [-0.2, 0) is 4.79 Å². The number of phenolic OH excluding ortho intramolecular Hbond substituents is 1. The van der Waals surface area contributed by atoms with Crippen LogP contribution in [0.3, 0.4) is 0 Å². The van der Waals surface area contributed by atoms with E-state index in [1.807, 2.05) is 26.0 Å². The number of benzene rings is 2. The third-order valence-corrected chi connectivity index (χ3v) is 4.37. The van der Waals surface area contributed by atoms with Crippen LogP contribution in [-0.4, -0.2) is 30.4 Å². The fourth-order valence-electron chi connectivity index (χ4n) is 2.30. The molecule has 0 aromatic heterocycles. The van der Waals surface area contributed by atoms with Gasteiger partial charge in [0, 0.05) is 6.07 Å². The molecule has 0 heterocycles. The number of halogens is 2. The summed E-state index contributed by atoms with van der Waals surface area (Å²) in [7, 11) is 0. The first kappa shape index (κ1) is 20.9. The highest BCUT2D eigenvalue weighted by molar-refractivity contribution is 6.43. The highest BCUT2D eigenvalue weighted by atomic mass is 35.5. The summed E-state index contributed by atoms with van der Waals surface area (Å²) in [6, 6.07) is 7.08. The summed E-state index contributed by atoms with van der Waals surface area (Å²) in [5, 5.41) is 14.3. The molecule has 0 aliphatic carbocycles. The van der Waals surface area contributed by atoms with Crippen molar-refractivity contribution in [1.29, 1.82) is 0 Å². The lowest BCUT2D eigenvalue weighted by atomic mass is 10.1. The van der Waals surface area contributed by atoms with Gasteiger partial charge in [0.1, 0.15) is 5.75 Å². The van der Waals surface area contributed by atoms with E-state index in [0.717, 1.165) is 11.1 Å². The second-order valence-electron chi connectivity index (χ2n) is 5.72. The molecule has 0 unspecified atom stereocenters. The van der Waals surface area contributed by atoms with Gasteiger partial charge in [-0.05, 0) is 32.4 Å². The van der Waals surface area contributed by atoms with Crippen LogP contribution in [0.5, 0.6) is 17.2 Å². The van der Waals surface area contributed by atoms with Crippen LogP contribution in [0.25, 0.3) is 0 Å². The molecule has 6 nitrogen and oxygen atoms in total. The van der Waals surface area contributed by atoms with Crippen molar-refractivity contribution in [3.63, 3.8) is 0 Å². The Morgan fingerprint density at radius 1 is 1.22 bits per heavy atom. The maximum atomic E-state index is 11.9. The van der Waals surface area contributed by atoms with Crippen molar-refractivity contribution in [2.45, 2.75) is 20.8 Å². The first-order valence-corrected chi connectivity index (χ1v) is 8.94. The predicted octanol–water partition coefficient (Wildman–Crippen LogP) is 4.24. The molecule has 144 valence electrons. The molecule has 2 aromatic carbocycles. The second-order valence-corrected chi connectivity index (χ2v) is 6.50. The minimum atomic E-state index is -0.464. The Bertz CT molecular complexity index is 869. The highest BCUT2D eigenvalue weighted by Gasteiger charge is 2.15. The Morgan fingerprint density at radius 2 is 1.96 bits per heavy atom. The maximum absolute atomic E-state index is 11.9. The lowest BCUT2D eigenvalue weighted by molar-refractivity contribution is -0.123. The van der Waals surface area contributed by atoms with Crippen LogP contribution < -0.4 is 14.9 Å². The van der Waals surface area contributed by atoms with E-state index >= 15 is 0 Å². The van der Waals surface area contributed by atoms with Gasteiger partial charge >= 0.3 is 0 Å². The SMILES string of the molecule is CCOc1cc(Cl)c(Cl)c(/C=N\NC(=O)COc2ccc(C)cc2C)c1O. The molecule has 0 aliphatic rings. The monoisotopic (exact) mass is 410 g/mol. The molecule has 1 amide bonds. The van der Waals surface area contributed by atoms with Gasteiger partial charge in [-0.3, -0.25) is 4.79 Å². The van der Waals surface area contributed by atoms with Crippen molar-refractivity contribution in [2.24, 2.45) is 5.10 Å². The first-order chi connectivity index (χ1) is 12.8. The van der Waals surface area contributed by atoms with Crippen molar-refractivity contribution >= 4 is 35.3 Å². The number of nitrogens with one attached hydrogen (secondary N) is 1. The standard InChI is InChI=1S/C19H20Cl2N2O4/c1-4-26-16-8-14(20)18(21)13(19(16)25)9-22-23-17(24)10-27-15-6-5-11(2)7-12(15)3/h5-9,25H,4,10H2,1-3H3,(H,23,24)/b22-9-. The van der Waals surface area contributed by atoms with Gasteiger partial charge in [-0.2, -0.15) is 5.10 Å². The Kier molecular flexibility index (Phi) is 7.33. The molecule has 2 N–H and O–H groups in total. The normalized spacial score (nSPS) is 10.9. The third-order valence-electron chi connectivity index (χ3n) is 3.56. The quantitative estimate of drug-likeness (QED) is 0.528. The molecule has 2 aromatic rings. The van der Waals surface area contributed by atoms with Crippen molar-refractivity contribution in [3.8, 4) is 17.2 Å². The second kappa shape index (κ2) is 9.48. The minimum Gasteiger partial charge on any atom is -0.504 e. The van der Waals surface area contributed by atoms with Gasteiger partial charge in [0.05, 0.1) is 28.4 Å². The molecule has 0 atom stereocenters. The number of ether oxygens (including phenoxy) is 2. The van der Waals surface area contributed by atoms with E-state index < -0.39 is 5.91 Å². The number of hydrogen-bond acceptors (Lipinski definition) is 5. The zero-order valence-electron chi connectivity index (χ0n) is 15.2. The number of aromatic hydroxyl groups is 1. The zero-order valence-corrected chi connectivity index (χ0v) is 16.7. The topological polar surface area (TPSA) is 80.2 Å². The molecule has 0 saturated heterocycles. The molecule has 0 radical (unpaired) electrons. The average Bonchev–Trinajstić information content (AvgIpc) is 2.62. The van der Waals surface area contributed by atoms with Crippen LogP contribution in [0.1, 0.15) is 23.6 Å². The van der Waals surface area contributed by atoms with Crippen LogP contribution in [0.4, 0.5) is 0 Å². The van der Waals surface area contributed by atoms with E-state index in [0.29, 0.717) is 12.4 Å². The lowest BCUT2D eigenvalue weighted by Gasteiger charge is -2.11. The van der Waals surface area contributed by atoms with E-state index in [1.165, 1.54) is 12.3 Å². The van der Waals surface area contributed by atoms with Crippen LogP contribution in [0.2, 0.25) is 10.0 Å². The average molecular weight is 411 g/mol. The van der Waals surface area contributed by atoms with Gasteiger partial charge in [0.25, 0.3) is 5.91 Å². The summed E-state index contributed by atoms with van der Waals surface area (Å²) in [6.45, 7) is 5.78. The molecule has 8 heteroatoms. The molecular formula is C19H20Cl2N2O4. The molecular weight excluding hydrogens is 391 g/mol. The van der Waals surface area contributed by atoms with Gasteiger partial charge in [-0.25, -0.2) is 5.43 Å². The molecule has 0 spiro atoms. The van der Waals surface area contributed by atoms with E-state index in [4.69, 9.17) is 32.7 Å². The number of carbonyl (C=O) groups excluding carboxylic acids is 1. The fourth-order valence-corrected chi connectivity index (χ4v) is 2.69. The zero-order chi connectivity index (χ0) is 20.0. The number of nitrogens with zero attached hydrogens (tertiary/aromatic N) is 1. The first-order valence-electron chi connectivity index (χ1n) is 8.19. The Morgan fingerprint density at radius 3 is 2.63 bits per heavy atom. The summed E-state index contributed by atoms with van der Waals surface area (Å²) in [6.07, 6.45) is 1.20. The van der Waals surface area contributed by atoms with Gasteiger partial charge in [0.15, 0.2) is 18.1 Å². The van der Waals surface area contributed by atoms with Crippen molar-refractivity contribution in [1.82, 2.24) is 5.43 Å². The number of phenols is 1. The van der Waals surface area contributed by atoms with Gasteiger partial charge in [-0.1, -0.05) is 40.9 Å². The Hall–Kier alpha value is -2.44. The minimum absolute atomic E-state index is 0.0992. The van der Waals surface area contributed by atoms with Crippen LogP contribution >= 0.6 is 23.2 Å². The fraction of sp³-hybridized carbons (Fsp3) is 0.263. The Balaban J connectivity index is 2.01. The summed E-state index contributed by atoms with van der Waals surface area (Å²) in [5.41, 5.74) is 4.50. The predicted molar refractivity (Wildman–Crippen MR) is 106 cm³/mol. The van der Waals surface area contributed by atoms with Gasteiger partial charge in [0.2, 0.25) is 0 Å². The Labute approximate surface area is 167 Å². The van der Waals surface area contributed by atoms with Crippen LogP contribution in [0.15, 0.2) is 29.4 Å². The van der Waals surface area contributed by atoms with Gasteiger partial charge in [-0.15, -0.1) is 0 Å². The lowest BCUT2D eigenvalue weighted by Crippen LogP contribution is -2.24. The van der Waals surface area contributed by atoms with E-state index in [9.17, 15) is 9.90 Å². The number of hydrazone groups is 1. The highest BCUT2D eigenvalue weighted by Crippen LogP contribution is 2.39. The number of aryl methyl sites for hydroxylation is 2. The van der Waals surface area contributed by atoms with Crippen LogP contribution in [0, 0.1) is 13.8 Å². The maximum Gasteiger partial charge on any atom is 0.277 e. The van der Waals surface area contributed by atoms with Crippen molar-refractivity contribution < 1.29 is 19.4 Å². The summed E-state index contributed by atoms with van der Waals surface area (Å²) in [4.78, 5) is 11.9. The van der Waals surface area contributed by atoms with E-state index in [1.54, 1.807) is 13.0 Å². The molecule has 0 aliphatic heterocycles. The summed E-state index contributed by atoms with van der Waals surface area (Å²) in [5.74, 6) is 0.124. The van der Waals surface area contributed by atoms with Crippen molar-refractivity contribution in [3.05, 3.63) is 51.0 Å².